The van der Waals surface area contributed by atoms with Crippen LogP contribution >= 0.6 is 0 Å². The van der Waals surface area contributed by atoms with Gasteiger partial charge < -0.3 is 13.9 Å². The maximum atomic E-state index is 5.01. The number of oxazole rings is 1. The fourth-order valence-electron chi connectivity index (χ4n) is 1.02. The Morgan fingerprint density at radius 2 is 1.53 bits per heavy atom. The summed E-state index contributed by atoms with van der Waals surface area (Å²) in [7, 11) is 0. The monoisotopic (exact) mass is 203 g/mol. The number of aromatic nitrogens is 1. The van der Waals surface area contributed by atoms with Crippen LogP contribution in [-0.2, 0) is 9.47 Å². The summed E-state index contributed by atoms with van der Waals surface area (Å²) in [5.74, 6) is 0. The van der Waals surface area contributed by atoms with Crippen LogP contribution in [0.2, 0.25) is 0 Å². The minimum absolute atomic E-state index is 0.845. The molecule has 0 N–H and O–H groups in total. The Morgan fingerprint density at radius 3 is 2.13 bits per heavy atom. The Balaban J connectivity index is 0.000000124. The minimum atomic E-state index is 0.845. The van der Waals surface area contributed by atoms with Crippen molar-refractivity contribution in [1.82, 2.24) is 4.98 Å². The SMILES string of the molecule is C1=COC=CO1.c1ccc2ocnc2c1. The van der Waals surface area contributed by atoms with Crippen LogP contribution < -0.4 is 0 Å². The van der Waals surface area contributed by atoms with Gasteiger partial charge in [-0.1, -0.05) is 12.1 Å². The molecule has 0 unspecified atom stereocenters. The molecule has 0 amide bonds. The van der Waals surface area contributed by atoms with Gasteiger partial charge in [0.1, 0.15) is 30.6 Å². The molecule has 0 saturated carbocycles. The van der Waals surface area contributed by atoms with Crippen LogP contribution in [0.25, 0.3) is 11.1 Å². The summed E-state index contributed by atoms with van der Waals surface area (Å²) in [4.78, 5) is 3.95. The standard InChI is InChI=1S/C7H5NO.C4H4O2/c1-2-4-7-6(3-1)8-5-9-7;1-2-6-4-3-5-1/h1-5H;1-4H. The van der Waals surface area contributed by atoms with Crippen LogP contribution in [0.3, 0.4) is 0 Å². The van der Waals surface area contributed by atoms with Gasteiger partial charge in [0.05, 0.1) is 0 Å². The fourth-order valence-corrected chi connectivity index (χ4v) is 1.02. The van der Waals surface area contributed by atoms with Crippen molar-refractivity contribution in [2.24, 2.45) is 0 Å². The van der Waals surface area contributed by atoms with Crippen LogP contribution in [-0.4, -0.2) is 4.98 Å². The number of rotatable bonds is 0. The van der Waals surface area contributed by atoms with Gasteiger partial charge in [0, 0.05) is 0 Å². The molecule has 4 heteroatoms. The van der Waals surface area contributed by atoms with Gasteiger partial charge in [-0.15, -0.1) is 0 Å². The van der Waals surface area contributed by atoms with Crippen LogP contribution in [0, 0.1) is 0 Å². The number of nitrogens with zero attached hydrogens (tertiary/aromatic N) is 1. The third kappa shape index (κ3) is 2.60. The van der Waals surface area contributed by atoms with Crippen LogP contribution in [0.15, 0.2) is 60.1 Å². The van der Waals surface area contributed by atoms with Crippen molar-refractivity contribution in [3.63, 3.8) is 0 Å². The second kappa shape index (κ2) is 4.85. The summed E-state index contributed by atoms with van der Waals surface area (Å²) in [6.07, 6.45) is 7.28. The molecule has 2 heterocycles. The molecule has 1 aromatic carbocycles. The number of benzene rings is 1. The first-order chi connectivity index (χ1) is 7.47. The lowest BCUT2D eigenvalue weighted by Gasteiger charge is -1.94. The summed E-state index contributed by atoms with van der Waals surface area (Å²) in [5, 5.41) is 0. The molecular formula is C11H9NO3. The fraction of sp³-hybridized carbons (Fsp3) is 0. The van der Waals surface area contributed by atoms with Crippen LogP contribution in [0.4, 0.5) is 0 Å². The molecule has 0 saturated heterocycles. The van der Waals surface area contributed by atoms with E-state index in [-0.39, 0.29) is 0 Å². The first-order valence-corrected chi connectivity index (χ1v) is 4.36. The van der Waals surface area contributed by atoms with Gasteiger partial charge >= 0.3 is 0 Å². The summed E-state index contributed by atoms with van der Waals surface area (Å²) in [6.45, 7) is 0. The summed E-state index contributed by atoms with van der Waals surface area (Å²) in [5.41, 5.74) is 1.76. The zero-order chi connectivity index (χ0) is 10.3. The lowest BCUT2D eigenvalue weighted by Crippen LogP contribution is -1.74. The predicted molar refractivity (Wildman–Crippen MR) is 54.5 cm³/mol. The first-order valence-electron chi connectivity index (χ1n) is 4.36. The van der Waals surface area contributed by atoms with Gasteiger partial charge in [-0.2, -0.15) is 0 Å². The molecular weight excluding hydrogens is 194 g/mol. The average Bonchev–Trinajstić information content (AvgIpc) is 2.80. The average molecular weight is 203 g/mol. The second-order valence-electron chi connectivity index (χ2n) is 2.64. The molecule has 0 fully saturated rings. The van der Waals surface area contributed by atoms with Gasteiger partial charge in [0.25, 0.3) is 0 Å². The van der Waals surface area contributed by atoms with Crippen molar-refractivity contribution in [2.45, 2.75) is 0 Å². The third-order valence-corrected chi connectivity index (χ3v) is 1.66. The normalized spacial score (nSPS) is 12.5. The molecule has 3 rings (SSSR count). The lowest BCUT2D eigenvalue weighted by atomic mass is 10.3. The highest BCUT2D eigenvalue weighted by atomic mass is 16.5. The van der Waals surface area contributed by atoms with Gasteiger partial charge in [0.15, 0.2) is 12.0 Å². The molecule has 0 spiro atoms. The number of ether oxygens (including phenoxy) is 2. The van der Waals surface area contributed by atoms with Gasteiger partial charge in [0.2, 0.25) is 0 Å². The highest BCUT2D eigenvalue weighted by Crippen LogP contribution is 2.09. The number of para-hydroxylation sites is 2. The van der Waals surface area contributed by atoms with E-state index < -0.39 is 0 Å². The molecule has 0 aliphatic carbocycles. The smallest absolute Gasteiger partial charge is 0.181 e. The summed E-state index contributed by atoms with van der Waals surface area (Å²) >= 11 is 0. The molecule has 1 aromatic heterocycles. The van der Waals surface area contributed by atoms with Crippen molar-refractivity contribution in [3.8, 4) is 0 Å². The van der Waals surface area contributed by atoms with E-state index in [9.17, 15) is 0 Å². The maximum Gasteiger partial charge on any atom is 0.181 e. The van der Waals surface area contributed by atoms with Crippen molar-refractivity contribution >= 4 is 11.1 Å². The summed E-state index contributed by atoms with van der Waals surface area (Å²) < 4.78 is 14.2. The van der Waals surface area contributed by atoms with E-state index in [1.807, 2.05) is 24.3 Å². The van der Waals surface area contributed by atoms with Crippen molar-refractivity contribution in [3.05, 3.63) is 55.7 Å². The Morgan fingerprint density at radius 1 is 0.867 bits per heavy atom. The van der Waals surface area contributed by atoms with E-state index in [4.69, 9.17) is 4.42 Å². The zero-order valence-electron chi connectivity index (χ0n) is 7.87. The highest BCUT2D eigenvalue weighted by Gasteiger charge is 1.91. The third-order valence-electron chi connectivity index (χ3n) is 1.66. The van der Waals surface area contributed by atoms with E-state index in [2.05, 4.69) is 14.5 Å². The van der Waals surface area contributed by atoms with Crippen LogP contribution in [0.1, 0.15) is 0 Å². The number of hydrogen-bond donors (Lipinski definition) is 0. The van der Waals surface area contributed by atoms with Gasteiger partial charge in [-0.3, -0.25) is 0 Å². The number of hydrogen-bond acceptors (Lipinski definition) is 4. The van der Waals surface area contributed by atoms with Crippen molar-refractivity contribution in [2.75, 3.05) is 0 Å². The predicted octanol–water partition coefficient (Wildman–Crippen LogP) is 2.80. The van der Waals surface area contributed by atoms with Crippen molar-refractivity contribution < 1.29 is 13.9 Å². The Hall–Kier alpha value is -2.23. The highest BCUT2D eigenvalue weighted by molar-refractivity contribution is 5.71. The molecule has 1 aliphatic heterocycles. The summed E-state index contributed by atoms with van der Waals surface area (Å²) in [6, 6.07) is 7.67. The molecule has 0 radical (unpaired) electrons. The second-order valence-corrected chi connectivity index (χ2v) is 2.64. The number of fused-ring (bicyclic) bond motifs is 1. The largest absolute Gasteiger partial charge is 0.466 e. The molecule has 0 atom stereocenters. The minimum Gasteiger partial charge on any atom is -0.466 e. The van der Waals surface area contributed by atoms with Gasteiger partial charge in [-0.25, -0.2) is 4.98 Å². The van der Waals surface area contributed by atoms with E-state index in [1.165, 1.54) is 31.4 Å². The maximum absolute atomic E-state index is 5.01. The molecule has 15 heavy (non-hydrogen) atoms. The van der Waals surface area contributed by atoms with Gasteiger partial charge in [-0.05, 0) is 12.1 Å². The molecule has 0 bridgehead atoms. The molecule has 2 aromatic rings. The Bertz CT molecular complexity index is 423. The Kier molecular flexibility index (Phi) is 3.02. The zero-order valence-corrected chi connectivity index (χ0v) is 7.87. The topological polar surface area (TPSA) is 44.5 Å². The Labute approximate surface area is 86.4 Å². The van der Waals surface area contributed by atoms with E-state index in [0.29, 0.717) is 0 Å². The van der Waals surface area contributed by atoms with E-state index in [1.54, 1.807) is 0 Å². The first kappa shape index (κ1) is 9.33. The molecule has 4 nitrogen and oxygen atoms in total. The quantitative estimate of drug-likeness (QED) is 0.660. The van der Waals surface area contributed by atoms with Crippen LogP contribution in [0.5, 0.6) is 0 Å². The van der Waals surface area contributed by atoms with E-state index >= 15 is 0 Å². The molecule has 1 aliphatic rings. The van der Waals surface area contributed by atoms with Crippen molar-refractivity contribution in [1.29, 1.82) is 0 Å². The lowest BCUT2D eigenvalue weighted by molar-refractivity contribution is 0.290. The molecule has 76 valence electrons. The van der Waals surface area contributed by atoms with E-state index in [0.717, 1.165) is 11.1 Å².